The second kappa shape index (κ2) is 7.39. The van der Waals surface area contributed by atoms with Gasteiger partial charge in [0.1, 0.15) is 0 Å². The van der Waals surface area contributed by atoms with Gasteiger partial charge in [-0.05, 0) is 50.2 Å². The van der Waals surface area contributed by atoms with Crippen LogP contribution in [-0.4, -0.2) is 30.3 Å². The topological polar surface area (TPSA) is 78.5 Å². The first kappa shape index (κ1) is 17.7. The van der Waals surface area contributed by atoms with Crippen LogP contribution in [0.3, 0.4) is 0 Å². The Morgan fingerprint density at radius 2 is 1.69 bits per heavy atom. The fraction of sp³-hybridized carbons (Fsp3) is 0.250. The lowest BCUT2D eigenvalue weighted by atomic mass is 10.1. The van der Waals surface area contributed by atoms with E-state index in [2.05, 4.69) is 10.6 Å². The van der Waals surface area contributed by atoms with Crippen molar-refractivity contribution in [3.8, 4) is 0 Å². The monoisotopic (exact) mass is 351 g/mol. The highest BCUT2D eigenvalue weighted by atomic mass is 16.2. The van der Waals surface area contributed by atoms with E-state index in [1.54, 1.807) is 29.2 Å². The lowest BCUT2D eigenvalue weighted by molar-refractivity contribution is -0.117. The van der Waals surface area contributed by atoms with E-state index in [4.69, 9.17) is 0 Å². The number of amides is 3. The Kier molecular flexibility index (Phi) is 5.02. The van der Waals surface area contributed by atoms with Crippen molar-refractivity contribution in [1.82, 2.24) is 5.32 Å². The molecule has 3 rings (SSSR count). The number of hydrogen-bond acceptors (Lipinski definition) is 3. The van der Waals surface area contributed by atoms with Gasteiger partial charge in [0.15, 0.2) is 5.78 Å². The molecule has 2 N–H and O–H groups in total. The van der Waals surface area contributed by atoms with Crippen LogP contribution in [0.25, 0.3) is 0 Å². The molecule has 0 unspecified atom stereocenters. The van der Waals surface area contributed by atoms with E-state index in [1.165, 1.54) is 6.92 Å². The predicted molar refractivity (Wildman–Crippen MR) is 101 cm³/mol. The number of aryl methyl sites for hydroxylation is 1. The van der Waals surface area contributed by atoms with Crippen LogP contribution in [0, 0.1) is 6.92 Å². The van der Waals surface area contributed by atoms with Crippen molar-refractivity contribution in [3.05, 3.63) is 59.7 Å². The summed E-state index contributed by atoms with van der Waals surface area (Å²) >= 11 is 0. The minimum Gasteiger partial charge on any atom is -0.333 e. The van der Waals surface area contributed by atoms with Gasteiger partial charge in [-0.1, -0.05) is 17.7 Å². The number of rotatable bonds is 4. The number of carbonyl (C=O) groups excluding carboxylic acids is 3. The zero-order chi connectivity index (χ0) is 18.7. The summed E-state index contributed by atoms with van der Waals surface area (Å²) in [6, 6.07) is 13.8. The summed E-state index contributed by atoms with van der Waals surface area (Å²) in [6.07, 6.45) is 0.268. The Hall–Kier alpha value is -3.15. The molecule has 1 aliphatic heterocycles. The first-order chi connectivity index (χ1) is 12.4. The molecule has 0 bridgehead atoms. The average Bonchev–Trinajstić information content (AvgIpc) is 2.96. The molecule has 6 nitrogen and oxygen atoms in total. The minimum absolute atomic E-state index is 0.00929. The van der Waals surface area contributed by atoms with Crippen molar-refractivity contribution in [1.29, 1.82) is 0 Å². The third-order valence-electron chi connectivity index (χ3n) is 4.36. The van der Waals surface area contributed by atoms with Gasteiger partial charge < -0.3 is 15.5 Å². The number of Topliss-reactive ketones (excluding diaryl/α,β-unsaturated/α-hetero) is 1. The second-order valence-electron chi connectivity index (χ2n) is 6.47. The zero-order valence-corrected chi connectivity index (χ0v) is 14.8. The van der Waals surface area contributed by atoms with Gasteiger partial charge in [0, 0.05) is 29.9 Å². The molecule has 1 aliphatic rings. The van der Waals surface area contributed by atoms with Crippen LogP contribution < -0.4 is 15.5 Å². The fourth-order valence-corrected chi connectivity index (χ4v) is 2.92. The van der Waals surface area contributed by atoms with E-state index < -0.39 is 0 Å². The molecule has 1 atom stereocenters. The molecule has 1 saturated heterocycles. The summed E-state index contributed by atoms with van der Waals surface area (Å²) in [4.78, 5) is 37.4. The average molecular weight is 351 g/mol. The molecular weight excluding hydrogens is 330 g/mol. The molecule has 0 radical (unpaired) electrons. The molecule has 0 spiro atoms. The highest BCUT2D eigenvalue weighted by molar-refractivity contribution is 5.98. The predicted octanol–water partition coefficient (Wildman–Crippen LogP) is 3.12. The molecule has 1 fully saturated rings. The molecule has 3 amide bonds. The number of nitrogens with one attached hydrogen (secondary N) is 2. The third kappa shape index (κ3) is 4.08. The van der Waals surface area contributed by atoms with E-state index in [0.29, 0.717) is 17.8 Å². The number of urea groups is 1. The Balaban J connectivity index is 1.57. The SMILES string of the molecule is CC(=O)c1ccc(NC(=O)N[C@H]2CC(=O)N(c3ccc(C)cc3)C2)cc1. The minimum atomic E-state index is -0.371. The number of ketones is 1. The number of anilines is 2. The molecule has 1 heterocycles. The molecule has 0 aromatic heterocycles. The smallest absolute Gasteiger partial charge is 0.319 e. The van der Waals surface area contributed by atoms with Crippen LogP contribution in [0.15, 0.2) is 48.5 Å². The van der Waals surface area contributed by atoms with Gasteiger partial charge in [-0.15, -0.1) is 0 Å². The largest absolute Gasteiger partial charge is 0.333 e. The highest BCUT2D eigenvalue weighted by Gasteiger charge is 2.31. The molecule has 2 aromatic rings. The van der Waals surface area contributed by atoms with Crippen LogP contribution in [-0.2, 0) is 4.79 Å². The van der Waals surface area contributed by atoms with Crippen molar-refractivity contribution < 1.29 is 14.4 Å². The third-order valence-corrected chi connectivity index (χ3v) is 4.36. The van der Waals surface area contributed by atoms with Crippen molar-refractivity contribution in [3.63, 3.8) is 0 Å². The Bertz CT molecular complexity index is 828. The Morgan fingerprint density at radius 3 is 2.31 bits per heavy atom. The van der Waals surface area contributed by atoms with E-state index in [9.17, 15) is 14.4 Å². The highest BCUT2D eigenvalue weighted by Crippen LogP contribution is 2.22. The van der Waals surface area contributed by atoms with E-state index >= 15 is 0 Å². The first-order valence-electron chi connectivity index (χ1n) is 8.48. The van der Waals surface area contributed by atoms with Crippen LogP contribution in [0.5, 0.6) is 0 Å². The van der Waals surface area contributed by atoms with Gasteiger partial charge in [-0.25, -0.2) is 4.79 Å². The number of carbonyl (C=O) groups is 3. The fourth-order valence-electron chi connectivity index (χ4n) is 2.92. The Morgan fingerprint density at radius 1 is 1.04 bits per heavy atom. The number of nitrogens with zero attached hydrogens (tertiary/aromatic N) is 1. The maximum atomic E-state index is 12.2. The van der Waals surface area contributed by atoms with E-state index in [0.717, 1.165) is 11.3 Å². The van der Waals surface area contributed by atoms with Gasteiger partial charge in [-0.3, -0.25) is 9.59 Å². The summed E-state index contributed by atoms with van der Waals surface area (Å²) in [5.74, 6) is -0.0355. The molecular formula is C20H21N3O3. The Labute approximate surface area is 152 Å². The molecule has 2 aromatic carbocycles. The molecule has 0 saturated carbocycles. The lowest BCUT2D eigenvalue weighted by Gasteiger charge is -2.17. The van der Waals surface area contributed by atoms with Gasteiger partial charge >= 0.3 is 6.03 Å². The first-order valence-corrected chi connectivity index (χ1v) is 8.48. The number of hydrogen-bond donors (Lipinski definition) is 2. The van der Waals surface area contributed by atoms with Crippen LogP contribution >= 0.6 is 0 Å². The van der Waals surface area contributed by atoms with Crippen molar-refractivity contribution in [2.45, 2.75) is 26.3 Å². The normalized spacial score (nSPS) is 16.5. The maximum Gasteiger partial charge on any atom is 0.319 e. The van der Waals surface area contributed by atoms with Crippen molar-refractivity contribution >= 4 is 29.1 Å². The van der Waals surface area contributed by atoms with Gasteiger partial charge in [0.2, 0.25) is 5.91 Å². The van der Waals surface area contributed by atoms with Gasteiger partial charge in [0.25, 0.3) is 0 Å². The second-order valence-corrected chi connectivity index (χ2v) is 6.47. The summed E-state index contributed by atoms with van der Waals surface area (Å²) in [7, 11) is 0. The van der Waals surface area contributed by atoms with Gasteiger partial charge in [0.05, 0.1) is 6.04 Å². The zero-order valence-electron chi connectivity index (χ0n) is 14.8. The maximum absolute atomic E-state index is 12.2. The molecule has 26 heavy (non-hydrogen) atoms. The number of benzene rings is 2. The molecule has 6 heteroatoms. The summed E-state index contributed by atoms with van der Waals surface area (Å²) in [6.45, 7) is 3.93. The van der Waals surface area contributed by atoms with Crippen LogP contribution in [0.1, 0.15) is 29.3 Å². The summed E-state index contributed by atoms with van der Waals surface area (Å²) in [5, 5.41) is 5.55. The van der Waals surface area contributed by atoms with Crippen LogP contribution in [0.2, 0.25) is 0 Å². The van der Waals surface area contributed by atoms with Crippen molar-refractivity contribution in [2.75, 3.05) is 16.8 Å². The van der Waals surface area contributed by atoms with E-state index in [1.807, 2.05) is 31.2 Å². The standard InChI is InChI=1S/C20H21N3O3/c1-13-3-9-18(10-4-13)23-12-17(11-19(23)25)22-20(26)21-16-7-5-15(6-8-16)14(2)24/h3-10,17H,11-12H2,1-2H3,(H2,21,22,26)/t17-/m0/s1. The van der Waals surface area contributed by atoms with Crippen LogP contribution in [0.4, 0.5) is 16.2 Å². The van der Waals surface area contributed by atoms with Crippen molar-refractivity contribution in [2.24, 2.45) is 0 Å². The quantitative estimate of drug-likeness (QED) is 0.831. The lowest BCUT2D eigenvalue weighted by Crippen LogP contribution is -2.39. The molecule has 0 aliphatic carbocycles. The summed E-state index contributed by atoms with van der Waals surface area (Å²) < 4.78 is 0. The van der Waals surface area contributed by atoms with E-state index in [-0.39, 0.29) is 30.2 Å². The summed E-state index contributed by atoms with van der Waals surface area (Å²) in [5.41, 5.74) is 3.15. The van der Waals surface area contributed by atoms with Gasteiger partial charge in [-0.2, -0.15) is 0 Å². The molecule has 134 valence electrons.